The lowest BCUT2D eigenvalue weighted by Crippen LogP contribution is -2.33. The van der Waals surface area contributed by atoms with E-state index in [1.165, 1.54) is 37.8 Å². The Labute approximate surface area is 140 Å². The molecule has 0 aliphatic rings. The Morgan fingerprint density at radius 3 is 2.65 bits per heavy atom. The van der Waals surface area contributed by atoms with E-state index in [0.717, 1.165) is 6.42 Å². The number of alkyl carbamates (subject to hydrolysis) is 1. The minimum Gasteiger partial charge on any atom is -0.444 e. The third-order valence-corrected chi connectivity index (χ3v) is 3.70. The van der Waals surface area contributed by atoms with Gasteiger partial charge in [-0.05, 0) is 33.6 Å². The van der Waals surface area contributed by atoms with Gasteiger partial charge >= 0.3 is 6.09 Å². The maximum atomic E-state index is 11.7. The Morgan fingerprint density at radius 2 is 2.04 bits per heavy atom. The highest BCUT2D eigenvalue weighted by atomic mass is 16.6. The zero-order chi connectivity index (χ0) is 17.3. The highest BCUT2D eigenvalue weighted by molar-refractivity contribution is 5.67. The molecule has 1 aromatic heterocycles. The fraction of sp³-hybridized carbons (Fsp3) is 0.778. The molecular formula is C18H33N3O2. The number of aromatic nitrogens is 2. The van der Waals surface area contributed by atoms with Crippen LogP contribution in [0.2, 0.25) is 0 Å². The van der Waals surface area contributed by atoms with E-state index in [1.54, 1.807) is 0 Å². The molecule has 0 aliphatic heterocycles. The van der Waals surface area contributed by atoms with Crippen LogP contribution in [0.5, 0.6) is 0 Å². The fourth-order valence-corrected chi connectivity index (χ4v) is 2.66. The standard InChI is InChI=1S/C18H33N3O2/c1-6-8-10-15(9-7-2)21-14-19-13-16(21)11-12-20-17(22)23-18(3,4)5/h13-15H,6-12H2,1-5H3,(H,20,22). The first kappa shape index (κ1) is 19.5. The maximum absolute atomic E-state index is 11.7. The van der Waals surface area contributed by atoms with E-state index in [0.29, 0.717) is 12.6 Å². The molecule has 1 rings (SSSR count). The minimum absolute atomic E-state index is 0.361. The number of amides is 1. The Bertz CT molecular complexity index is 463. The molecule has 5 heteroatoms. The molecule has 1 heterocycles. The van der Waals surface area contributed by atoms with Crippen LogP contribution in [0.25, 0.3) is 0 Å². The highest BCUT2D eigenvalue weighted by Crippen LogP contribution is 2.22. The Kier molecular flexibility index (Phi) is 8.13. The third kappa shape index (κ3) is 7.53. The van der Waals surface area contributed by atoms with Crippen LogP contribution in [0.3, 0.4) is 0 Å². The number of carbonyl (C=O) groups excluding carboxylic acids is 1. The van der Waals surface area contributed by atoms with Gasteiger partial charge in [0.05, 0.1) is 6.33 Å². The second-order valence-corrected chi connectivity index (χ2v) is 7.06. The van der Waals surface area contributed by atoms with Gasteiger partial charge in [-0.3, -0.25) is 0 Å². The molecule has 0 aliphatic carbocycles. The highest BCUT2D eigenvalue weighted by Gasteiger charge is 2.16. The van der Waals surface area contributed by atoms with Crippen molar-refractivity contribution in [1.82, 2.24) is 14.9 Å². The van der Waals surface area contributed by atoms with E-state index in [-0.39, 0.29) is 6.09 Å². The van der Waals surface area contributed by atoms with Crippen LogP contribution in [0.15, 0.2) is 12.5 Å². The van der Waals surface area contributed by atoms with Crippen LogP contribution in [0, 0.1) is 0 Å². The van der Waals surface area contributed by atoms with Gasteiger partial charge in [0.15, 0.2) is 0 Å². The molecule has 1 aromatic rings. The first-order valence-corrected chi connectivity index (χ1v) is 8.85. The molecule has 0 aromatic carbocycles. The van der Waals surface area contributed by atoms with Crippen molar-refractivity contribution in [2.45, 2.75) is 84.8 Å². The number of ether oxygens (including phenoxy) is 1. The molecule has 1 atom stereocenters. The third-order valence-electron chi connectivity index (χ3n) is 3.70. The molecule has 1 N–H and O–H groups in total. The molecule has 0 saturated carbocycles. The predicted octanol–water partition coefficient (Wildman–Crippen LogP) is 4.48. The Balaban J connectivity index is 2.55. The first-order valence-electron chi connectivity index (χ1n) is 8.85. The number of nitrogens with one attached hydrogen (secondary N) is 1. The van der Waals surface area contributed by atoms with Crippen molar-refractivity contribution in [2.24, 2.45) is 0 Å². The van der Waals surface area contributed by atoms with E-state index in [9.17, 15) is 4.79 Å². The van der Waals surface area contributed by atoms with Crippen molar-refractivity contribution in [3.63, 3.8) is 0 Å². The lowest BCUT2D eigenvalue weighted by atomic mass is 10.0. The summed E-state index contributed by atoms with van der Waals surface area (Å²) < 4.78 is 7.54. The summed E-state index contributed by atoms with van der Waals surface area (Å²) in [5, 5.41) is 2.82. The van der Waals surface area contributed by atoms with Crippen molar-refractivity contribution in [2.75, 3.05) is 6.54 Å². The van der Waals surface area contributed by atoms with Gasteiger partial charge in [0.2, 0.25) is 0 Å². The van der Waals surface area contributed by atoms with Crippen molar-refractivity contribution in [3.05, 3.63) is 18.2 Å². The molecule has 1 amide bonds. The number of hydrogen-bond donors (Lipinski definition) is 1. The molecule has 0 saturated heterocycles. The number of hydrogen-bond acceptors (Lipinski definition) is 3. The average Bonchev–Trinajstić information content (AvgIpc) is 2.90. The monoisotopic (exact) mass is 323 g/mol. The molecule has 1 unspecified atom stereocenters. The molecule has 132 valence electrons. The molecule has 5 nitrogen and oxygen atoms in total. The molecule has 23 heavy (non-hydrogen) atoms. The summed E-state index contributed by atoms with van der Waals surface area (Å²) in [6, 6.07) is 0.513. The van der Waals surface area contributed by atoms with Gasteiger partial charge in [-0.1, -0.05) is 33.1 Å². The van der Waals surface area contributed by atoms with Gasteiger partial charge in [0, 0.05) is 30.9 Å². The lowest BCUT2D eigenvalue weighted by Gasteiger charge is -2.21. The van der Waals surface area contributed by atoms with Crippen LogP contribution in [-0.4, -0.2) is 27.8 Å². The molecule has 0 spiro atoms. The number of carbonyl (C=O) groups is 1. The molecule has 0 fully saturated rings. The topological polar surface area (TPSA) is 56.2 Å². The molecule has 0 bridgehead atoms. The van der Waals surface area contributed by atoms with E-state index in [2.05, 4.69) is 28.7 Å². The fourth-order valence-electron chi connectivity index (χ4n) is 2.66. The summed E-state index contributed by atoms with van der Waals surface area (Å²) in [7, 11) is 0. The van der Waals surface area contributed by atoms with Gasteiger partial charge < -0.3 is 14.6 Å². The van der Waals surface area contributed by atoms with Crippen LogP contribution >= 0.6 is 0 Å². The Morgan fingerprint density at radius 1 is 1.30 bits per heavy atom. The largest absolute Gasteiger partial charge is 0.444 e. The van der Waals surface area contributed by atoms with Crippen molar-refractivity contribution >= 4 is 6.09 Å². The zero-order valence-electron chi connectivity index (χ0n) is 15.4. The summed E-state index contributed by atoms with van der Waals surface area (Å²) in [6.07, 6.45) is 10.2. The average molecular weight is 323 g/mol. The second kappa shape index (κ2) is 9.58. The summed E-state index contributed by atoms with van der Waals surface area (Å²) in [6.45, 7) is 10.6. The van der Waals surface area contributed by atoms with Crippen LogP contribution < -0.4 is 5.32 Å². The van der Waals surface area contributed by atoms with Gasteiger partial charge in [0.1, 0.15) is 5.60 Å². The van der Waals surface area contributed by atoms with Gasteiger partial charge in [-0.25, -0.2) is 9.78 Å². The number of rotatable bonds is 9. The molecule has 0 radical (unpaired) electrons. The molecular weight excluding hydrogens is 290 g/mol. The number of nitrogens with zero attached hydrogens (tertiary/aromatic N) is 2. The summed E-state index contributed by atoms with van der Waals surface area (Å²) in [5.74, 6) is 0. The second-order valence-electron chi connectivity index (χ2n) is 7.06. The first-order chi connectivity index (χ1) is 10.9. The SMILES string of the molecule is CCCCC(CCC)n1cncc1CCNC(=O)OC(C)(C)C. The summed E-state index contributed by atoms with van der Waals surface area (Å²) in [4.78, 5) is 16.0. The van der Waals surface area contributed by atoms with E-state index >= 15 is 0 Å². The van der Waals surface area contributed by atoms with Gasteiger partial charge in [-0.2, -0.15) is 0 Å². The number of imidazole rings is 1. The summed E-state index contributed by atoms with van der Waals surface area (Å²) >= 11 is 0. The number of unbranched alkanes of at least 4 members (excludes halogenated alkanes) is 1. The van der Waals surface area contributed by atoms with Crippen LogP contribution in [0.1, 0.15) is 78.5 Å². The van der Waals surface area contributed by atoms with Crippen LogP contribution in [0.4, 0.5) is 4.79 Å². The van der Waals surface area contributed by atoms with Gasteiger partial charge in [-0.15, -0.1) is 0 Å². The lowest BCUT2D eigenvalue weighted by molar-refractivity contribution is 0.0528. The quantitative estimate of drug-likeness (QED) is 0.729. The van der Waals surface area contributed by atoms with Crippen molar-refractivity contribution in [3.8, 4) is 0 Å². The smallest absolute Gasteiger partial charge is 0.407 e. The minimum atomic E-state index is -0.460. The van der Waals surface area contributed by atoms with Crippen molar-refractivity contribution < 1.29 is 9.53 Å². The van der Waals surface area contributed by atoms with E-state index < -0.39 is 5.60 Å². The van der Waals surface area contributed by atoms with Gasteiger partial charge in [0.25, 0.3) is 0 Å². The van der Waals surface area contributed by atoms with E-state index in [1.807, 2.05) is 33.3 Å². The predicted molar refractivity (Wildman–Crippen MR) is 93.6 cm³/mol. The van der Waals surface area contributed by atoms with Crippen molar-refractivity contribution in [1.29, 1.82) is 0 Å². The maximum Gasteiger partial charge on any atom is 0.407 e. The van der Waals surface area contributed by atoms with Crippen LogP contribution in [-0.2, 0) is 11.2 Å². The summed E-state index contributed by atoms with van der Waals surface area (Å²) in [5.41, 5.74) is 0.716. The zero-order valence-corrected chi connectivity index (χ0v) is 15.4. The van der Waals surface area contributed by atoms with E-state index in [4.69, 9.17) is 4.74 Å². The Hall–Kier alpha value is -1.52. The normalized spacial score (nSPS) is 12.9.